The van der Waals surface area contributed by atoms with Crippen molar-refractivity contribution >= 4 is 53.1 Å². The summed E-state index contributed by atoms with van der Waals surface area (Å²) in [5.74, 6) is 0.701. The number of thiophene rings is 1. The minimum atomic E-state index is 0.701. The molecule has 0 fully saturated rings. The van der Waals surface area contributed by atoms with Crippen LogP contribution in [-0.4, -0.2) is 9.97 Å². The van der Waals surface area contributed by atoms with Crippen molar-refractivity contribution in [3.63, 3.8) is 0 Å². The molecule has 57 heavy (non-hydrogen) atoms. The van der Waals surface area contributed by atoms with Gasteiger partial charge in [0, 0.05) is 36.9 Å². The van der Waals surface area contributed by atoms with Crippen LogP contribution in [0.25, 0.3) is 109 Å². The third-order valence-corrected chi connectivity index (χ3v) is 12.3. The van der Waals surface area contributed by atoms with Crippen LogP contribution in [0, 0.1) is 0 Å². The highest BCUT2D eigenvalue weighted by Crippen LogP contribution is 2.41. The molecule has 0 aliphatic rings. The maximum atomic E-state index is 5.22. The second kappa shape index (κ2) is 13.8. The molecule has 0 amide bonds. The largest absolute Gasteiger partial charge is 0.228 e. The Labute approximate surface area is 335 Å². The zero-order valence-corrected chi connectivity index (χ0v) is 31.7. The molecule has 0 unspecified atom stereocenters. The highest BCUT2D eigenvalue weighted by atomic mass is 32.1. The number of nitrogens with zero attached hydrogens (tertiary/aromatic N) is 2. The molecule has 0 atom stereocenters. The van der Waals surface area contributed by atoms with Crippen molar-refractivity contribution in [2.24, 2.45) is 0 Å². The summed E-state index contributed by atoms with van der Waals surface area (Å²) in [5, 5.41) is 7.63. The van der Waals surface area contributed by atoms with Crippen LogP contribution in [-0.2, 0) is 0 Å². The maximum absolute atomic E-state index is 5.22. The molecule has 2 aromatic heterocycles. The molecule has 0 saturated carbocycles. The molecule has 266 valence electrons. The molecule has 0 saturated heterocycles. The second-order valence-corrected chi connectivity index (χ2v) is 15.6. The van der Waals surface area contributed by atoms with E-state index in [4.69, 9.17) is 9.97 Å². The van der Waals surface area contributed by atoms with E-state index in [1.54, 1.807) is 0 Å². The summed E-state index contributed by atoms with van der Waals surface area (Å²) in [6.07, 6.45) is 0. The van der Waals surface area contributed by atoms with Crippen LogP contribution >= 0.6 is 11.3 Å². The number of aromatic nitrogens is 2. The first-order valence-electron chi connectivity index (χ1n) is 19.3. The minimum absolute atomic E-state index is 0.701. The Hall–Kier alpha value is -7.20. The lowest BCUT2D eigenvalue weighted by atomic mass is 9.92. The van der Waals surface area contributed by atoms with Gasteiger partial charge in [-0.2, -0.15) is 0 Å². The third-order valence-electron chi connectivity index (χ3n) is 11.1. The van der Waals surface area contributed by atoms with Gasteiger partial charge in [0.1, 0.15) is 0 Å². The first-order chi connectivity index (χ1) is 28.2. The van der Waals surface area contributed by atoms with Crippen LogP contribution in [0.3, 0.4) is 0 Å². The molecule has 9 aromatic carbocycles. The first-order valence-corrected chi connectivity index (χ1v) is 20.1. The standard InChI is InChI=1S/C54H34N2S/c1-2-12-38(13-3-1)50-34-51(56-54(55-50)42-16-10-15-40(32-42)49-33-41-14-4-5-17-43(41)45-18-6-7-19-46(45)49)39-30-26-36(27-31-39)35-24-28-37(29-25-35)44-21-11-22-48-47-20-8-9-23-52(47)57-53(44)48/h1-34H. The highest BCUT2D eigenvalue weighted by molar-refractivity contribution is 7.26. The molecule has 0 N–H and O–H groups in total. The Morgan fingerprint density at radius 1 is 0.298 bits per heavy atom. The van der Waals surface area contributed by atoms with Crippen molar-refractivity contribution in [1.29, 1.82) is 0 Å². The fraction of sp³-hybridized carbons (Fsp3) is 0. The Morgan fingerprint density at radius 3 is 1.61 bits per heavy atom. The van der Waals surface area contributed by atoms with Gasteiger partial charge in [0.25, 0.3) is 0 Å². The minimum Gasteiger partial charge on any atom is -0.228 e. The van der Waals surface area contributed by atoms with E-state index in [1.165, 1.54) is 69.5 Å². The van der Waals surface area contributed by atoms with Gasteiger partial charge >= 0.3 is 0 Å². The van der Waals surface area contributed by atoms with E-state index < -0.39 is 0 Å². The van der Waals surface area contributed by atoms with Crippen LogP contribution in [0.2, 0.25) is 0 Å². The smallest absolute Gasteiger partial charge is 0.160 e. The normalized spacial score (nSPS) is 11.5. The summed E-state index contributed by atoms with van der Waals surface area (Å²) >= 11 is 1.87. The Balaban J connectivity index is 0.952. The van der Waals surface area contributed by atoms with Crippen molar-refractivity contribution in [3.05, 3.63) is 206 Å². The van der Waals surface area contributed by atoms with Gasteiger partial charge in [-0.3, -0.25) is 0 Å². The zero-order chi connectivity index (χ0) is 37.7. The summed E-state index contributed by atoms with van der Waals surface area (Å²) in [6, 6.07) is 73.9. The van der Waals surface area contributed by atoms with E-state index in [1.807, 2.05) is 17.4 Å². The summed E-state index contributed by atoms with van der Waals surface area (Å²) in [7, 11) is 0. The summed E-state index contributed by atoms with van der Waals surface area (Å²) < 4.78 is 2.66. The van der Waals surface area contributed by atoms with E-state index in [9.17, 15) is 0 Å². The average Bonchev–Trinajstić information content (AvgIpc) is 3.68. The van der Waals surface area contributed by atoms with Gasteiger partial charge < -0.3 is 0 Å². The van der Waals surface area contributed by atoms with E-state index >= 15 is 0 Å². The third kappa shape index (κ3) is 5.97. The van der Waals surface area contributed by atoms with Crippen molar-refractivity contribution in [1.82, 2.24) is 9.97 Å². The first kappa shape index (κ1) is 33.2. The highest BCUT2D eigenvalue weighted by Gasteiger charge is 2.15. The average molecular weight is 743 g/mol. The van der Waals surface area contributed by atoms with Gasteiger partial charge in [0.2, 0.25) is 0 Å². The van der Waals surface area contributed by atoms with Gasteiger partial charge in [-0.25, -0.2) is 9.97 Å². The predicted molar refractivity (Wildman–Crippen MR) is 243 cm³/mol. The van der Waals surface area contributed by atoms with E-state index in [0.29, 0.717) is 5.82 Å². The number of hydrogen-bond donors (Lipinski definition) is 0. The lowest BCUT2D eigenvalue weighted by molar-refractivity contribution is 1.18. The monoisotopic (exact) mass is 742 g/mol. The van der Waals surface area contributed by atoms with Crippen molar-refractivity contribution < 1.29 is 0 Å². The summed E-state index contributed by atoms with van der Waals surface area (Å²) in [6.45, 7) is 0. The van der Waals surface area contributed by atoms with Crippen LogP contribution in [0.5, 0.6) is 0 Å². The number of fused-ring (bicyclic) bond motifs is 6. The molecule has 0 aliphatic heterocycles. The lowest BCUT2D eigenvalue weighted by Crippen LogP contribution is -1.96. The van der Waals surface area contributed by atoms with Crippen molar-refractivity contribution in [2.45, 2.75) is 0 Å². The molecular weight excluding hydrogens is 709 g/mol. The molecule has 2 nitrogen and oxygen atoms in total. The van der Waals surface area contributed by atoms with Crippen LogP contribution < -0.4 is 0 Å². The number of hydrogen-bond acceptors (Lipinski definition) is 3. The lowest BCUT2D eigenvalue weighted by Gasteiger charge is -2.13. The Kier molecular flexibility index (Phi) is 8.04. The van der Waals surface area contributed by atoms with Crippen molar-refractivity contribution in [3.8, 4) is 67.3 Å². The van der Waals surface area contributed by atoms with Crippen LogP contribution in [0.1, 0.15) is 0 Å². The Morgan fingerprint density at radius 2 is 0.842 bits per heavy atom. The van der Waals surface area contributed by atoms with Gasteiger partial charge in [0.05, 0.1) is 11.4 Å². The van der Waals surface area contributed by atoms with Crippen molar-refractivity contribution in [2.75, 3.05) is 0 Å². The Bertz CT molecular complexity index is 3270. The second-order valence-electron chi connectivity index (χ2n) is 14.5. The molecule has 3 heteroatoms. The topological polar surface area (TPSA) is 25.8 Å². The quantitative estimate of drug-likeness (QED) is 0.159. The van der Waals surface area contributed by atoms with E-state index in [-0.39, 0.29) is 0 Å². The van der Waals surface area contributed by atoms with Gasteiger partial charge in [-0.05, 0) is 79.2 Å². The molecule has 0 bridgehead atoms. The molecule has 11 aromatic rings. The summed E-state index contributed by atoms with van der Waals surface area (Å²) in [5.41, 5.74) is 12.1. The fourth-order valence-electron chi connectivity index (χ4n) is 8.25. The van der Waals surface area contributed by atoms with Crippen LogP contribution in [0.4, 0.5) is 0 Å². The van der Waals surface area contributed by atoms with E-state index in [2.05, 4.69) is 200 Å². The predicted octanol–water partition coefficient (Wildman–Crippen LogP) is 15.2. The molecule has 2 heterocycles. The SMILES string of the molecule is c1ccc(-c2cc(-c3ccc(-c4ccc(-c5cccc6c5sc5ccccc56)cc4)cc3)nc(-c3cccc(-c4cc5ccccc5c5ccccc45)c3)n2)cc1. The van der Waals surface area contributed by atoms with Gasteiger partial charge in [-0.1, -0.05) is 182 Å². The maximum Gasteiger partial charge on any atom is 0.160 e. The molecule has 0 aliphatic carbocycles. The van der Waals surface area contributed by atoms with E-state index in [0.717, 1.165) is 33.6 Å². The van der Waals surface area contributed by atoms with Crippen LogP contribution in [0.15, 0.2) is 206 Å². The molecule has 11 rings (SSSR count). The zero-order valence-electron chi connectivity index (χ0n) is 30.9. The molecular formula is C54H34N2S. The number of benzene rings is 9. The van der Waals surface area contributed by atoms with Gasteiger partial charge in [0.15, 0.2) is 5.82 Å². The number of rotatable bonds is 6. The summed E-state index contributed by atoms with van der Waals surface area (Å²) in [4.78, 5) is 10.4. The molecule has 0 spiro atoms. The molecule has 0 radical (unpaired) electrons. The van der Waals surface area contributed by atoms with Gasteiger partial charge in [-0.15, -0.1) is 11.3 Å². The fourth-order valence-corrected chi connectivity index (χ4v) is 9.49.